The number of benzene rings is 1. The Morgan fingerprint density at radius 1 is 1.48 bits per heavy atom. The number of likely N-dealkylation sites (N-methyl/N-ethyl adjacent to an activating group) is 1. The molecule has 1 aliphatic rings. The third kappa shape index (κ3) is 2.88. The average Bonchev–Trinajstić information content (AvgIpc) is 2.97. The smallest absolute Gasteiger partial charge is 0.260 e. The first-order chi connectivity index (χ1) is 10.2. The number of hydrogen-bond donors (Lipinski definition) is 1. The molecule has 1 fully saturated rings. The summed E-state index contributed by atoms with van der Waals surface area (Å²) < 4.78 is 24.0. The molecule has 1 unspecified atom stereocenters. The summed E-state index contributed by atoms with van der Waals surface area (Å²) in [7, 11) is 0. The van der Waals surface area contributed by atoms with Crippen LogP contribution >= 0.6 is 0 Å². The topological polar surface area (TPSA) is 77.4 Å². The molecule has 0 amide bonds. The van der Waals surface area contributed by atoms with Gasteiger partial charge in [0.15, 0.2) is 0 Å². The fraction of sp³-hybridized carbons (Fsp3) is 0.429. The van der Waals surface area contributed by atoms with Gasteiger partial charge >= 0.3 is 0 Å². The van der Waals surface area contributed by atoms with Crippen LogP contribution in [0.15, 0.2) is 22.7 Å². The molecule has 3 rings (SSSR count). The highest BCUT2D eigenvalue weighted by molar-refractivity contribution is 5.70. The van der Waals surface area contributed by atoms with Gasteiger partial charge in [0, 0.05) is 18.8 Å². The molecule has 0 aliphatic carbocycles. The lowest BCUT2D eigenvalue weighted by Gasteiger charge is -2.30. The van der Waals surface area contributed by atoms with Crippen LogP contribution in [0.25, 0.3) is 11.5 Å². The average molecular weight is 292 g/mol. The zero-order chi connectivity index (χ0) is 14.8. The quantitative estimate of drug-likeness (QED) is 0.870. The van der Waals surface area contributed by atoms with E-state index in [1.54, 1.807) is 0 Å². The van der Waals surface area contributed by atoms with Gasteiger partial charge < -0.3 is 15.0 Å². The number of nitrogens with zero attached hydrogens (tertiary/aromatic N) is 3. The van der Waals surface area contributed by atoms with Crippen molar-refractivity contribution in [3.05, 3.63) is 29.8 Å². The van der Waals surface area contributed by atoms with Gasteiger partial charge in [0.05, 0.1) is 12.2 Å². The molecule has 0 spiro atoms. The number of nitrogens with two attached hydrogens (primary N) is 1. The van der Waals surface area contributed by atoms with E-state index in [-0.39, 0.29) is 17.7 Å². The van der Waals surface area contributed by atoms with E-state index in [0.29, 0.717) is 18.0 Å². The number of aromatic nitrogens is 2. The molecule has 2 N–H and O–H groups in total. The summed E-state index contributed by atoms with van der Waals surface area (Å²) in [4.78, 5) is 6.59. The zero-order valence-corrected chi connectivity index (χ0v) is 11.8. The van der Waals surface area contributed by atoms with Crippen LogP contribution in [-0.4, -0.2) is 41.3 Å². The molecule has 2 heterocycles. The van der Waals surface area contributed by atoms with Gasteiger partial charge in [0.2, 0.25) is 5.82 Å². The molecule has 112 valence electrons. The molecule has 1 aromatic carbocycles. The van der Waals surface area contributed by atoms with E-state index in [9.17, 15) is 4.39 Å². The number of anilines is 1. The predicted molar refractivity (Wildman–Crippen MR) is 74.9 cm³/mol. The third-order valence-corrected chi connectivity index (χ3v) is 3.57. The summed E-state index contributed by atoms with van der Waals surface area (Å²) in [5, 5.41) is 3.96. The van der Waals surface area contributed by atoms with Crippen LogP contribution in [0.2, 0.25) is 0 Å². The molecule has 6 nitrogen and oxygen atoms in total. The summed E-state index contributed by atoms with van der Waals surface area (Å²) in [6.45, 7) is 5.33. The minimum absolute atomic E-state index is 0.210. The first kappa shape index (κ1) is 14.0. The van der Waals surface area contributed by atoms with Crippen molar-refractivity contribution in [1.82, 2.24) is 15.0 Å². The molecule has 1 aliphatic heterocycles. The highest BCUT2D eigenvalue weighted by atomic mass is 19.1. The molecule has 2 aromatic rings. The maximum absolute atomic E-state index is 13.1. The number of halogens is 1. The number of nitrogen functional groups attached to an aromatic ring is 1. The van der Waals surface area contributed by atoms with Crippen LogP contribution in [0.4, 0.5) is 10.1 Å². The Labute approximate surface area is 121 Å². The molecular weight excluding hydrogens is 275 g/mol. The summed E-state index contributed by atoms with van der Waals surface area (Å²) in [6.07, 6.45) is -0.210. The Bertz CT molecular complexity index is 631. The molecule has 0 saturated carbocycles. The molecule has 1 aromatic heterocycles. The molecule has 0 bridgehead atoms. The Hall–Kier alpha value is -1.99. The zero-order valence-electron chi connectivity index (χ0n) is 11.8. The number of rotatable bonds is 3. The minimum atomic E-state index is -0.398. The van der Waals surface area contributed by atoms with Crippen LogP contribution < -0.4 is 5.73 Å². The van der Waals surface area contributed by atoms with E-state index in [1.165, 1.54) is 18.2 Å². The standard InChI is InChI=1S/C14H17FN4O2/c1-2-19-5-6-20-12(8-19)13-17-14(21-18-13)10-4-3-9(15)7-11(10)16/h3-4,7,12H,2,5-6,8,16H2,1H3. The van der Waals surface area contributed by atoms with Gasteiger partial charge in [-0.05, 0) is 24.7 Å². The summed E-state index contributed by atoms with van der Waals surface area (Å²) >= 11 is 0. The molecule has 0 radical (unpaired) electrons. The van der Waals surface area contributed by atoms with Crippen molar-refractivity contribution in [2.75, 3.05) is 32.0 Å². The summed E-state index contributed by atoms with van der Waals surface area (Å²) in [6, 6.07) is 4.07. The Balaban J connectivity index is 1.83. The molecule has 1 saturated heterocycles. The van der Waals surface area contributed by atoms with Crippen molar-refractivity contribution in [2.24, 2.45) is 0 Å². The second kappa shape index (κ2) is 5.79. The SMILES string of the molecule is CCN1CCOC(c2noc(-c3ccc(F)cc3N)n2)C1. The predicted octanol–water partition coefficient (Wildman–Crippen LogP) is 1.85. The van der Waals surface area contributed by atoms with Gasteiger partial charge in [-0.3, -0.25) is 4.90 Å². The van der Waals surface area contributed by atoms with Crippen molar-refractivity contribution in [1.29, 1.82) is 0 Å². The van der Waals surface area contributed by atoms with E-state index in [1.807, 2.05) is 0 Å². The minimum Gasteiger partial charge on any atom is -0.398 e. The number of hydrogen-bond acceptors (Lipinski definition) is 6. The molecule has 21 heavy (non-hydrogen) atoms. The van der Waals surface area contributed by atoms with Crippen molar-refractivity contribution >= 4 is 5.69 Å². The number of morpholine rings is 1. The van der Waals surface area contributed by atoms with E-state index in [0.717, 1.165) is 19.6 Å². The van der Waals surface area contributed by atoms with Gasteiger partial charge in [-0.25, -0.2) is 4.39 Å². The normalized spacial score (nSPS) is 19.8. The van der Waals surface area contributed by atoms with E-state index >= 15 is 0 Å². The third-order valence-electron chi connectivity index (χ3n) is 3.57. The van der Waals surface area contributed by atoms with Crippen LogP contribution in [0.3, 0.4) is 0 Å². The maximum atomic E-state index is 13.1. The van der Waals surface area contributed by atoms with E-state index < -0.39 is 5.82 Å². The van der Waals surface area contributed by atoms with E-state index in [2.05, 4.69) is 22.0 Å². The van der Waals surface area contributed by atoms with Crippen LogP contribution in [0.1, 0.15) is 18.9 Å². The molecule has 7 heteroatoms. The highest BCUT2D eigenvalue weighted by Gasteiger charge is 2.26. The van der Waals surface area contributed by atoms with Crippen LogP contribution in [0.5, 0.6) is 0 Å². The van der Waals surface area contributed by atoms with Crippen LogP contribution in [0, 0.1) is 5.82 Å². The van der Waals surface area contributed by atoms with Crippen molar-refractivity contribution in [2.45, 2.75) is 13.0 Å². The second-order valence-corrected chi connectivity index (χ2v) is 4.94. The van der Waals surface area contributed by atoms with Gasteiger partial charge in [0.1, 0.15) is 11.9 Å². The summed E-state index contributed by atoms with van der Waals surface area (Å²) in [5.41, 5.74) is 6.57. The van der Waals surface area contributed by atoms with Gasteiger partial charge in [-0.2, -0.15) is 4.98 Å². The Kier molecular flexibility index (Phi) is 3.85. The Morgan fingerprint density at radius 2 is 2.33 bits per heavy atom. The molecular formula is C14H17FN4O2. The van der Waals surface area contributed by atoms with E-state index in [4.69, 9.17) is 15.0 Å². The Morgan fingerprint density at radius 3 is 3.10 bits per heavy atom. The van der Waals surface area contributed by atoms with Gasteiger partial charge in [0.25, 0.3) is 5.89 Å². The lowest BCUT2D eigenvalue weighted by molar-refractivity contribution is -0.0334. The van der Waals surface area contributed by atoms with Crippen LogP contribution in [-0.2, 0) is 4.74 Å². The van der Waals surface area contributed by atoms with Gasteiger partial charge in [-0.1, -0.05) is 12.1 Å². The first-order valence-corrected chi connectivity index (χ1v) is 6.90. The largest absolute Gasteiger partial charge is 0.398 e. The maximum Gasteiger partial charge on any atom is 0.260 e. The van der Waals surface area contributed by atoms with Crippen molar-refractivity contribution < 1.29 is 13.7 Å². The fourth-order valence-corrected chi connectivity index (χ4v) is 2.35. The lowest BCUT2D eigenvalue weighted by atomic mass is 10.2. The lowest BCUT2D eigenvalue weighted by Crippen LogP contribution is -2.38. The van der Waals surface area contributed by atoms with Gasteiger partial charge in [-0.15, -0.1) is 0 Å². The summed E-state index contributed by atoms with van der Waals surface area (Å²) in [5.74, 6) is 0.372. The van der Waals surface area contributed by atoms with Crippen molar-refractivity contribution in [3.63, 3.8) is 0 Å². The first-order valence-electron chi connectivity index (χ1n) is 6.90. The monoisotopic (exact) mass is 292 g/mol. The highest BCUT2D eigenvalue weighted by Crippen LogP contribution is 2.27. The second-order valence-electron chi connectivity index (χ2n) is 4.94. The fourth-order valence-electron chi connectivity index (χ4n) is 2.35. The number of ether oxygens (including phenoxy) is 1. The molecule has 1 atom stereocenters. The van der Waals surface area contributed by atoms with Crippen molar-refractivity contribution in [3.8, 4) is 11.5 Å².